The van der Waals surface area contributed by atoms with Crippen LogP contribution in [0.3, 0.4) is 0 Å². The minimum atomic E-state index is -0.416. The number of carbonyl (C=O) groups is 1. The Bertz CT molecular complexity index is 684. The first-order chi connectivity index (χ1) is 11.6. The molecule has 4 nitrogen and oxygen atoms in total. The molecule has 0 aliphatic carbocycles. The zero-order chi connectivity index (χ0) is 17.4. The minimum Gasteiger partial charge on any atom is -0.487 e. The fourth-order valence-electron chi connectivity index (χ4n) is 2.18. The summed E-state index contributed by atoms with van der Waals surface area (Å²) in [4.78, 5) is 14.1. The molecule has 0 aliphatic heterocycles. The lowest BCUT2D eigenvalue weighted by Crippen LogP contribution is -2.26. The summed E-state index contributed by atoms with van der Waals surface area (Å²) in [7, 11) is 1.76. The number of rotatable bonds is 7. The van der Waals surface area contributed by atoms with Crippen molar-refractivity contribution in [3.8, 4) is 5.75 Å². The monoisotopic (exact) mass is 328 g/mol. The summed E-state index contributed by atoms with van der Waals surface area (Å²) in [6.07, 6.45) is 1.26. The molecule has 2 aromatic carbocycles. The maximum atomic E-state index is 13.2. The summed E-state index contributed by atoms with van der Waals surface area (Å²) < 4.78 is 18.5. The van der Waals surface area contributed by atoms with Crippen molar-refractivity contribution in [2.45, 2.75) is 6.54 Å². The molecule has 2 rings (SSSR count). The third-order valence-corrected chi connectivity index (χ3v) is 3.43. The number of halogens is 1. The van der Waals surface area contributed by atoms with E-state index < -0.39 is 5.83 Å². The fourth-order valence-corrected chi connectivity index (χ4v) is 2.18. The standard InChI is InChI=1S/C19H21FN2O2/c1-22(13-15-5-3-2-4-6-15)19(23)16-7-9-18(10-8-16)24-14-17(20)11-12-21/h2-11H,12-14,21H2,1H3. The van der Waals surface area contributed by atoms with Crippen LogP contribution in [-0.4, -0.2) is 31.0 Å². The summed E-state index contributed by atoms with van der Waals surface area (Å²) in [6.45, 7) is 0.502. The lowest BCUT2D eigenvalue weighted by atomic mass is 10.1. The van der Waals surface area contributed by atoms with Gasteiger partial charge in [-0.15, -0.1) is 0 Å². The average Bonchev–Trinajstić information content (AvgIpc) is 2.61. The summed E-state index contributed by atoms with van der Waals surface area (Å²) in [5.74, 6) is -0.00214. The van der Waals surface area contributed by atoms with E-state index in [1.807, 2.05) is 30.3 Å². The molecule has 0 heterocycles. The van der Waals surface area contributed by atoms with E-state index in [1.54, 1.807) is 36.2 Å². The molecule has 0 atom stereocenters. The van der Waals surface area contributed by atoms with Crippen molar-refractivity contribution in [1.82, 2.24) is 4.90 Å². The Morgan fingerprint density at radius 3 is 2.46 bits per heavy atom. The zero-order valence-corrected chi connectivity index (χ0v) is 13.6. The predicted molar refractivity (Wildman–Crippen MR) is 92.4 cm³/mol. The van der Waals surface area contributed by atoms with Gasteiger partial charge in [0.2, 0.25) is 0 Å². The van der Waals surface area contributed by atoms with Crippen LogP contribution in [0.15, 0.2) is 66.5 Å². The summed E-state index contributed by atoms with van der Waals surface area (Å²) >= 11 is 0. The number of carbonyl (C=O) groups excluding carboxylic acids is 1. The predicted octanol–water partition coefficient (Wildman–Crippen LogP) is 3.15. The molecule has 0 radical (unpaired) electrons. The Hall–Kier alpha value is -2.66. The molecule has 0 fully saturated rings. The van der Waals surface area contributed by atoms with Gasteiger partial charge in [-0.1, -0.05) is 30.3 Å². The van der Waals surface area contributed by atoms with Crippen LogP contribution in [-0.2, 0) is 6.54 Å². The molecule has 2 N–H and O–H groups in total. The van der Waals surface area contributed by atoms with Crippen LogP contribution in [0.5, 0.6) is 5.75 Å². The second-order valence-electron chi connectivity index (χ2n) is 5.35. The van der Waals surface area contributed by atoms with Gasteiger partial charge < -0.3 is 15.4 Å². The van der Waals surface area contributed by atoms with Crippen LogP contribution in [0, 0.1) is 0 Å². The second-order valence-corrected chi connectivity index (χ2v) is 5.35. The van der Waals surface area contributed by atoms with Crippen LogP contribution in [0.2, 0.25) is 0 Å². The molecule has 0 aromatic heterocycles. The van der Waals surface area contributed by atoms with E-state index in [4.69, 9.17) is 10.5 Å². The first kappa shape index (κ1) is 17.7. The van der Waals surface area contributed by atoms with Crippen molar-refractivity contribution in [3.63, 3.8) is 0 Å². The maximum absolute atomic E-state index is 13.2. The van der Waals surface area contributed by atoms with Gasteiger partial charge in [0.1, 0.15) is 18.2 Å². The van der Waals surface area contributed by atoms with Crippen molar-refractivity contribution in [2.75, 3.05) is 20.2 Å². The normalized spacial score (nSPS) is 11.2. The van der Waals surface area contributed by atoms with E-state index >= 15 is 0 Å². The molecule has 0 saturated carbocycles. The number of nitrogens with zero attached hydrogens (tertiary/aromatic N) is 1. The van der Waals surface area contributed by atoms with E-state index in [1.165, 1.54) is 6.08 Å². The van der Waals surface area contributed by atoms with E-state index in [9.17, 15) is 9.18 Å². The third kappa shape index (κ3) is 5.21. The van der Waals surface area contributed by atoms with Gasteiger partial charge in [0, 0.05) is 25.7 Å². The number of nitrogens with two attached hydrogens (primary N) is 1. The van der Waals surface area contributed by atoms with Crippen LogP contribution in [0.1, 0.15) is 15.9 Å². The molecule has 0 unspecified atom stereocenters. The summed E-state index contributed by atoms with van der Waals surface area (Å²) in [6, 6.07) is 16.4. The fraction of sp³-hybridized carbons (Fsp3) is 0.211. The van der Waals surface area contributed by atoms with Crippen molar-refractivity contribution in [3.05, 3.63) is 77.6 Å². The second kappa shape index (κ2) is 8.84. The van der Waals surface area contributed by atoms with Crippen molar-refractivity contribution >= 4 is 5.91 Å². The molecular weight excluding hydrogens is 307 g/mol. The molecular formula is C19H21FN2O2. The number of amides is 1. The molecule has 0 spiro atoms. The SMILES string of the molecule is CN(Cc1ccccc1)C(=O)c1ccc(OCC(F)=CCN)cc1. The van der Waals surface area contributed by atoms with E-state index in [2.05, 4.69) is 0 Å². The molecule has 0 saturated heterocycles. The Morgan fingerprint density at radius 1 is 1.17 bits per heavy atom. The van der Waals surface area contributed by atoms with Crippen molar-refractivity contribution < 1.29 is 13.9 Å². The number of hydrogen-bond donors (Lipinski definition) is 1. The van der Waals surface area contributed by atoms with E-state index in [0.717, 1.165) is 5.56 Å². The van der Waals surface area contributed by atoms with Gasteiger partial charge in [-0.2, -0.15) is 0 Å². The van der Waals surface area contributed by atoms with Crippen LogP contribution >= 0.6 is 0 Å². The van der Waals surface area contributed by atoms with Gasteiger partial charge in [-0.3, -0.25) is 4.79 Å². The Kier molecular flexibility index (Phi) is 6.51. The van der Waals surface area contributed by atoms with Gasteiger partial charge in [0.05, 0.1) is 0 Å². The Labute approximate surface area is 141 Å². The molecule has 126 valence electrons. The highest BCUT2D eigenvalue weighted by atomic mass is 19.1. The largest absolute Gasteiger partial charge is 0.487 e. The third-order valence-electron chi connectivity index (χ3n) is 3.43. The smallest absolute Gasteiger partial charge is 0.253 e. The molecule has 0 bridgehead atoms. The highest BCUT2D eigenvalue weighted by Crippen LogP contribution is 2.15. The van der Waals surface area contributed by atoms with Crippen molar-refractivity contribution in [2.24, 2.45) is 5.73 Å². The first-order valence-electron chi connectivity index (χ1n) is 7.67. The lowest BCUT2D eigenvalue weighted by Gasteiger charge is -2.17. The van der Waals surface area contributed by atoms with Gasteiger partial charge >= 0.3 is 0 Å². The van der Waals surface area contributed by atoms with Gasteiger partial charge in [0.25, 0.3) is 5.91 Å². The summed E-state index contributed by atoms with van der Waals surface area (Å²) in [5, 5.41) is 0. The number of hydrogen-bond acceptors (Lipinski definition) is 3. The maximum Gasteiger partial charge on any atom is 0.253 e. The van der Waals surface area contributed by atoms with Gasteiger partial charge in [0.15, 0.2) is 0 Å². The molecule has 2 aromatic rings. The number of ether oxygens (including phenoxy) is 1. The Morgan fingerprint density at radius 2 is 1.83 bits per heavy atom. The molecule has 1 amide bonds. The van der Waals surface area contributed by atoms with E-state index in [-0.39, 0.29) is 19.1 Å². The number of benzene rings is 2. The molecule has 24 heavy (non-hydrogen) atoms. The van der Waals surface area contributed by atoms with Crippen LogP contribution < -0.4 is 10.5 Å². The van der Waals surface area contributed by atoms with Gasteiger partial charge in [-0.05, 0) is 35.9 Å². The Balaban J connectivity index is 1.94. The highest BCUT2D eigenvalue weighted by Gasteiger charge is 2.12. The van der Waals surface area contributed by atoms with Gasteiger partial charge in [-0.25, -0.2) is 4.39 Å². The van der Waals surface area contributed by atoms with E-state index in [0.29, 0.717) is 17.9 Å². The quantitative estimate of drug-likeness (QED) is 0.849. The summed E-state index contributed by atoms with van der Waals surface area (Å²) in [5.41, 5.74) is 6.84. The molecule has 0 aliphatic rings. The molecule has 5 heteroatoms. The van der Waals surface area contributed by atoms with Crippen molar-refractivity contribution in [1.29, 1.82) is 0 Å². The topological polar surface area (TPSA) is 55.6 Å². The van der Waals surface area contributed by atoms with Crippen LogP contribution in [0.25, 0.3) is 0 Å². The highest BCUT2D eigenvalue weighted by molar-refractivity contribution is 5.94. The van der Waals surface area contributed by atoms with Crippen LogP contribution in [0.4, 0.5) is 4.39 Å². The minimum absolute atomic E-state index is 0.0837. The lowest BCUT2D eigenvalue weighted by molar-refractivity contribution is 0.0785. The zero-order valence-electron chi connectivity index (χ0n) is 13.6. The first-order valence-corrected chi connectivity index (χ1v) is 7.67. The average molecular weight is 328 g/mol.